The van der Waals surface area contributed by atoms with Crippen molar-refractivity contribution in [3.63, 3.8) is 0 Å². The topological polar surface area (TPSA) is 54.1 Å². The minimum atomic E-state index is 0.0822. The van der Waals surface area contributed by atoms with Crippen molar-refractivity contribution in [1.82, 2.24) is 0 Å². The van der Waals surface area contributed by atoms with Gasteiger partial charge in [0.2, 0.25) is 0 Å². The van der Waals surface area contributed by atoms with E-state index in [1.165, 1.54) is 5.56 Å². The van der Waals surface area contributed by atoms with Gasteiger partial charge in [0, 0.05) is 12.7 Å². The van der Waals surface area contributed by atoms with Crippen LogP contribution in [0.4, 0.5) is 17.1 Å². The molecule has 0 aliphatic carbocycles. The van der Waals surface area contributed by atoms with Gasteiger partial charge in [-0.2, -0.15) is 10.5 Å². The van der Waals surface area contributed by atoms with Crippen LogP contribution in [0.5, 0.6) is 0 Å². The summed E-state index contributed by atoms with van der Waals surface area (Å²) in [5, 5.41) is 18.7. The maximum absolute atomic E-state index is 9.50. The summed E-state index contributed by atoms with van der Waals surface area (Å²) in [7, 11) is 1.99. The lowest BCUT2D eigenvalue weighted by Crippen LogP contribution is -2.35. The molecule has 3 rings (SSSR count). The van der Waals surface area contributed by atoms with E-state index in [1.807, 2.05) is 13.1 Å². The van der Waals surface area contributed by atoms with Crippen LogP contribution < -0.4 is 9.80 Å². The maximum atomic E-state index is 9.50. The van der Waals surface area contributed by atoms with Gasteiger partial charge in [-0.15, -0.1) is 0 Å². The molecule has 0 saturated heterocycles. The molecule has 2 aromatic carbocycles. The zero-order valence-electron chi connectivity index (χ0n) is 12.8. The fourth-order valence-corrected chi connectivity index (χ4v) is 2.90. The van der Waals surface area contributed by atoms with Crippen molar-refractivity contribution in [3.8, 4) is 12.1 Å². The van der Waals surface area contributed by atoms with Gasteiger partial charge in [-0.25, -0.2) is 0 Å². The summed E-state index contributed by atoms with van der Waals surface area (Å²) in [4.78, 5) is 4.24. The number of hydrogen-bond donors (Lipinski definition) is 0. The number of hydrogen-bond acceptors (Lipinski definition) is 4. The minimum Gasteiger partial charge on any atom is -0.352 e. The molecule has 1 aliphatic rings. The van der Waals surface area contributed by atoms with Crippen molar-refractivity contribution >= 4 is 17.1 Å². The van der Waals surface area contributed by atoms with Crippen LogP contribution >= 0.6 is 0 Å². The van der Waals surface area contributed by atoms with E-state index in [9.17, 15) is 5.26 Å². The Morgan fingerprint density at radius 2 is 1.73 bits per heavy atom. The highest BCUT2D eigenvalue weighted by Gasteiger charge is 2.34. The van der Waals surface area contributed by atoms with Gasteiger partial charge < -0.3 is 9.80 Å². The molecule has 0 bridgehead atoms. The summed E-state index contributed by atoms with van der Waals surface area (Å²) in [5.41, 5.74) is 5.09. The van der Waals surface area contributed by atoms with Gasteiger partial charge in [0.25, 0.3) is 0 Å². The van der Waals surface area contributed by atoms with Crippen molar-refractivity contribution in [3.05, 3.63) is 53.1 Å². The predicted molar refractivity (Wildman–Crippen MR) is 87.1 cm³/mol. The van der Waals surface area contributed by atoms with Gasteiger partial charge in [0.05, 0.1) is 28.6 Å². The molecule has 108 valence electrons. The second kappa shape index (κ2) is 5.09. The lowest BCUT2D eigenvalue weighted by molar-refractivity contribution is 0.734. The predicted octanol–water partition coefficient (Wildman–Crippen LogP) is 3.67. The first-order chi connectivity index (χ1) is 10.6. The Balaban J connectivity index is 2.23. The number of anilines is 3. The van der Waals surface area contributed by atoms with Crippen LogP contribution in [-0.4, -0.2) is 13.2 Å². The Morgan fingerprint density at radius 3 is 2.32 bits per heavy atom. The van der Waals surface area contributed by atoms with Crippen LogP contribution in [0.15, 0.2) is 36.4 Å². The van der Waals surface area contributed by atoms with Gasteiger partial charge in [-0.3, -0.25) is 0 Å². The van der Waals surface area contributed by atoms with Gasteiger partial charge in [-0.1, -0.05) is 17.7 Å². The molecule has 0 amide bonds. The summed E-state index contributed by atoms with van der Waals surface area (Å²) >= 11 is 0. The Hall–Kier alpha value is -2.98. The zero-order valence-corrected chi connectivity index (χ0v) is 12.8. The zero-order chi connectivity index (χ0) is 15.9. The summed E-state index contributed by atoms with van der Waals surface area (Å²) in [5.74, 6) is 0. The first kappa shape index (κ1) is 14.0. The molecule has 22 heavy (non-hydrogen) atoms. The number of rotatable bonds is 1. The van der Waals surface area contributed by atoms with Gasteiger partial charge >= 0.3 is 0 Å². The van der Waals surface area contributed by atoms with Crippen molar-refractivity contribution in [2.75, 3.05) is 16.8 Å². The Bertz CT molecular complexity index is 809. The lowest BCUT2D eigenvalue weighted by Gasteiger charge is -2.28. The molecule has 2 aromatic rings. The average molecular weight is 288 g/mol. The standard InChI is InChI=1S/C18H16N4/c1-12-4-6-16(7-5-12)22-13(2)21(3)17-9-14(10-19)8-15(11-20)18(17)22/h4-9,13H,1-3H3/t13-/m0/s1. The first-order valence-corrected chi connectivity index (χ1v) is 7.14. The summed E-state index contributed by atoms with van der Waals surface area (Å²) in [6, 6.07) is 16.1. The molecule has 1 heterocycles. The third-order valence-electron chi connectivity index (χ3n) is 4.21. The molecule has 0 spiro atoms. The van der Waals surface area contributed by atoms with Crippen LogP contribution in [0.3, 0.4) is 0 Å². The van der Waals surface area contributed by atoms with E-state index in [-0.39, 0.29) is 6.17 Å². The van der Waals surface area contributed by atoms with Crippen LogP contribution in [0.2, 0.25) is 0 Å². The SMILES string of the molecule is Cc1ccc(N2c3c(C#N)cc(C#N)cc3N(C)[C@@H]2C)cc1. The lowest BCUT2D eigenvalue weighted by atomic mass is 10.1. The summed E-state index contributed by atoms with van der Waals surface area (Å²) in [6.45, 7) is 4.14. The van der Waals surface area contributed by atoms with E-state index in [0.717, 1.165) is 17.1 Å². The highest BCUT2D eigenvalue weighted by molar-refractivity contribution is 5.88. The number of aryl methyl sites for hydroxylation is 1. The van der Waals surface area contributed by atoms with Crippen molar-refractivity contribution in [2.24, 2.45) is 0 Å². The fourth-order valence-electron chi connectivity index (χ4n) is 2.90. The average Bonchev–Trinajstić information content (AvgIpc) is 2.79. The number of fused-ring (bicyclic) bond motifs is 1. The molecule has 4 nitrogen and oxygen atoms in total. The molecule has 4 heteroatoms. The molecule has 0 saturated carbocycles. The molecule has 0 radical (unpaired) electrons. The van der Waals surface area contributed by atoms with Crippen LogP contribution in [0.25, 0.3) is 0 Å². The number of benzene rings is 2. The quantitative estimate of drug-likeness (QED) is 0.803. The first-order valence-electron chi connectivity index (χ1n) is 7.14. The largest absolute Gasteiger partial charge is 0.352 e. The van der Waals surface area contributed by atoms with E-state index in [4.69, 9.17) is 5.26 Å². The second-order valence-electron chi connectivity index (χ2n) is 5.56. The molecule has 0 unspecified atom stereocenters. The van der Waals surface area contributed by atoms with Crippen LogP contribution in [0.1, 0.15) is 23.6 Å². The van der Waals surface area contributed by atoms with Crippen molar-refractivity contribution in [1.29, 1.82) is 10.5 Å². The van der Waals surface area contributed by atoms with Crippen LogP contribution in [-0.2, 0) is 0 Å². The molecular formula is C18H16N4. The Morgan fingerprint density at radius 1 is 1.05 bits per heavy atom. The highest BCUT2D eigenvalue weighted by Crippen LogP contribution is 2.45. The van der Waals surface area contributed by atoms with Gasteiger partial charge in [0.1, 0.15) is 12.2 Å². The minimum absolute atomic E-state index is 0.0822. The normalized spacial score (nSPS) is 16.1. The Labute approximate surface area is 130 Å². The highest BCUT2D eigenvalue weighted by atomic mass is 15.4. The van der Waals surface area contributed by atoms with Gasteiger partial charge in [0.15, 0.2) is 0 Å². The maximum Gasteiger partial charge on any atom is 0.103 e. The van der Waals surface area contributed by atoms with E-state index in [0.29, 0.717) is 11.1 Å². The van der Waals surface area contributed by atoms with E-state index < -0.39 is 0 Å². The van der Waals surface area contributed by atoms with Gasteiger partial charge in [-0.05, 0) is 38.1 Å². The molecule has 1 aliphatic heterocycles. The van der Waals surface area contributed by atoms with Crippen LogP contribution in [0, 0.1) is 29.6 Å². The number of nitrogens with zero attached hydrogens (tertiary/aromatic N) is 4. The van der Waals surface area contributed by atoms with Crippen molar-refractivity contribution < 1.29 is 0 Å². The van der Waals surface area contributed by atoms with E-state index in [1.54, 1.807) is 6.07 Å². The summed E-state index contributed by atoms with van der Waals surface area (Å²) in [6.07, 6.45) is 0.0822. The second-order valence-corrected chi connectivity index (χ2v) is 5.56. The number of nitriles is 2. The molecular weight excluding hydrogens is 272 g/mol. The molecule has 0 aromatic heterocycles. The summed E-state index contributed by atoms with van der Waals surface area (Å²) < 4.78 is 0. The van der Waals surface area contributed by atoms with Crippen molar-refractivity contribution in [2.45, 2.75) is 20.0 Å². The molecule has 1 atom stereocenters. The fraction of sp³-hybridized carbons (Fsp3) is 0.222. The molecule has 0 N–H and O–H groups in total. The molecule has 0 fully saturated rings. The smallest absolute Gasteiger partial charge is 0.103 e. The third kappa shape index (κ3) is 1.98. The third-order valence-corrected chi connectivity index (χ3v) is 4.21. The van der Waals surface area contributed by atoms with E-state index in [2.05, 4.69) is 60.1 Å². The monoisotopic (exact) mass is 288 g/mol. The van der Waals surface area contributed by atoms with E-state index >= 15 is 0 Å². The Kier molecular flexibility index (Phi) is 3.23.